The summed E-state index contributed by atoms with van der Waals surface area (Å²) in [4.78, 5) is 2.31. The fraction of sp³-hybridized carbons (Fsp3) is 1.00. The Kier molecular flexibility index (Phi) is 6.60. The van der Waals surface area contributed by atoms with Gasteiger partial charge >= 0.3 is 0 Å². The molecule has 1 saturated heterocycles. The maximum absolute atomic E-state index is 11.6. The molecule has 108 valence electrons. The lowest BCUT2D eigenvalue weighted by molar-refractivity contribution is 0.214. The van der Waals surface area contributed by atoms with Gasteiger partial charge in [-0.25, -0.2) is 8.42 Å². The van der Waals surface area contributed by atoms with Crippen LogP contribution >= 0.6 is 0 Å². The second kappa shape index (κ2) is 7.46. The Balaban J connectivity index is 2.39. The quantitative estimate of drug-likeness (QED) is 0.794. The molecule has 1 aliphatic heterocycles. The van der Waals surface area contributed by atoms with Gasteiger partial charge in [-0.05, 0) is 32.7 Å². The van der Waals surface area contributed by atoms with E-state index in [0.29, 0.717) is 30.1 Å². The van der Waals surface area contributed by atoms with Crippen LogP contribution in [-0.2, 0) is 9.84 Å². The van der Waals surface area contributed by atoms with Crippen molar-refractivity contribution >= 4 is 9.84 Å². The first kappa shape index (κ1) is 15.9. The van der Waals surface area contributed by atoms with Crippen molar-refractivity contribution in [3.8, 4) is 0 Å². The van der Waals surface area contributed by atoms with Crippen molar-refractivity contribution < 1.29 is 8.42 Å². The lowest BCUT2D eigenvalue weighted by Crippen LogP contribution is -2.44. The number of nitrogens with zero attached hydrogens (tertiary/aromatic N) is 1. The molecule has 0 radical (unpaired) electrons. The lowest BCUT2D eigenvalue weighted by Gasteiger charge is -2.29. The minimum atomic E-state index is -2.79. The van der Waals surface area contributed by atoms with E-state index in [1.54, 1.807) is 0 Å². The minimum Gasteiger partial charge on any atom is -0.312 e. The molecule has 4 nitrogen and oxygen atoms in total. The van der Waals surface area contributed by atoms with E-state index in [1.807, 2.05) is 0 Å². The summed E-state index contributed by atoms with van der Waals surface area (Å²) in [6.45, 7) is 9.13. The van der Waals surface area contributed by atoms with Gasteiger partial charge in [-0.15, -0.1) is 0 Å². The van der Waals surface area contributed by atoms with Crippen LogP contribution in [0.1, 0.15) is 40.0 Å². The van der Waals surface area contributed by atoms with Crippen LogP contribution in [0.3, 0.4) is 0 Å². The molecule has 18 heavy (non-hydrogen) atoms. The number of nitrogens with one attached hydrogen (secondary N) is 1. The predicted octanol–water partition coefficient (Wildman–Crippen LogP) is 1.27. The molecule has 0 aliphatic carbocycles. The molecule has 0 saturated carbocycles. The third-order valence-electron chi connectivity index (χ3n) is 3.90. The zero-order valence-electron chi connectivity index (χ0n) is 12.0. The van der Waals surface area contributed by atoms with E-state index in [-0.39, 0.29) is 0 Å². The molecule has 0 aromatic rings. The normalized spacial score (nSPS) is 22.9. The Morgan fingerprint density at radius 3 is 2.44 bits per heavy atom. The highest BCUT2D eigenvalue weighted by Gasteiger charge is 2.22. The smallest absolute Gasteiger partial charge is 0.151 e. The van der Waals surface area contributed by atoms with Gasteiger partial charge < -0.3 is 5.32 Å². The van der Waals surface area contributed by atoms with Crippen LogP contribution < -0.4 is 5.32 Å². The summed E-state index contributed by atoms with van der Waals surface area (Å²) in [6, 6.07) is 1.00. The summed E-state index contributed by atoms with van der Waals surface area (Å²) < 4.78 is 23.1. The first-order valence-electron chi connectivity index (χ1n) is 7.16. The van der Waals surface area contributed by atoms with Crippen LogP contribution in [0, 0.1) is 0 Å². The van der Waals surface area contributed by atoms with E-state index < -0.39 is 9.84 Å². The molecular weight excluding hydrogens is 248 g/mol. The number of hydrogen-bond donors (Lipinski definition) is 1. The van der Waals surface area contributed by atoms with Gasteiger partial charge in [0.05, 0.1) is 11.5 Å². The highest BCUT2D eigenvalue weighted by atomic mass is 32.2. The fourth-order valence-electron chi connectivity index (χ4n) is 2.44. The Bertz CT molecular complexity index is 326. The topological polar surface area (TPSA) is 49.4 Å². The predicted molar refractivity (Wildman–Crippen MR) is 76.7 cm³/mol. The molecule has 5 heteroatoms. The van der Waals surface area contributed by atoms with Crippen LogP contribution in [0.15, 0.2) is 0 Å². The molecule has 0 amide bonds. The van der Waals surface area contributed by atoms with Crippen molar-refractivity contribution in [3.05, 3.63) is 0 Å². The molecule has 1 fully saturated rings. The zero-order valence-corrected chi connectivity index (χ0v) is 12.8. The molecule has 1 heterocycles. The Morgan fingerprint density at radius 2 is 1.83 bits per heavy atom. The van der Waals surface area contributed by atoms with Gasteiger partial charge in [0.2, 0.25) is 0 Å². The van der Waals surface area contributed by atoms with Crippen LogP contribution in [0.2, 0.25) is 0 Å². The van der Waals surface area contributed by atoms with E-state index in [2.05, 4.69) is 31.0 Å². The van der Waals surface area contributed by atoms with E-state index in [1.165, 1.54) is 0 Å². The molecule has 0 aromatic carbocycles. The van der Waals surface area contributed by atoms with Crippen molar-refractivity contribution in [2.75, 3.05) is 31.1 Å². The number of rotatable bonds is 6. The van der Waals surface area contributed by atoms with E-state index in [9.17, 15) is 8.42 Å². The minimum absolute atomic E-state index is 0.322. The van der Waals surface area contributed by atoms with Gasteiger partial charge in [-0.3, -0.25) is 4.90 Å². The Labute approximate surface area is 112 Å². The first-order chi connectivity index (χ1) is 8.48. The van der Waals surface area contributed by atoms with Gasteiger partial charge in [0.1, 0.15) is 0 Å². The molecule has 1 unspecified atom stereocenters. The largest absolute Gasteiger partial charge is 0.312 e. The van der Waals surface area contributed by atoms with Crippen molar-refractivity contribution in [1.29, 1.82) is 0 Å². The van der Waals surface area contributed by atoms with E-state index in [4.69, 9.17) is 0 Å². The van der Waals surface area contributed by atoms with Crippen LogP contribution in [0.4, 0.5) is 0 Å². The summed E-state index contributed by atoms with van der Waals surface area (Å²) in [7, 11) is -2.79. The summed E-state index contributed by atoms with van der Waals surface area (Å²) in [5.74, 6) is 0.679. The molecule has 0 aromatic heterocycles. The molecule has 1 aliphatic rings. The maximum atomic E-state index is 11.6. The molecule has 0 bridgehead atoms. The van der Waals surface area contributed by atoms with Crippen LogP contribution in [-0.4, -0.2) is 56.5 Å². The van der Waals surface area contributed by atoms with Crippen molar-refractivity contribution in [2.24, 2.45) is 0 Å². The second-order valence-electron chi connectivity index (χ2n) is 5.31. The number of sulfone groups is 1. The summed E-state index contributed by atoms with van der Waals surface area (Å²) in [5, 5.41) is 3.57. The number of hydrogen-bond acceptors (Lipinski definition) is 4. The third-order valence-corrected chi connectivity index (χ3v) is 5.62. The monoisotopic (exact) mass is 276 g/mol. The lowest BCUT2D eigenvalue weighted by atomic mass is 10.1. The van der Waals surface area contributed by atoms with Crippen LogP contribution in [0.25, 0.3) is 0 Å². The maximum Gasteiger partial charge on any atom is 0.151 e. The summed E-state index contributed by atoms with van der Waals surface area (Å²) in [6.07, 6.45) is 3.08. The molecule has 1 rings (SSSR count). The average molecular weight is 276 g/mol. The van der Waals surface area contributed by atoms with Gasteiger partial charge in [0, 0.05) is 25.2 Å². The van der Waals surface area contributed by atoms with Gasteiger partial charge in [0.25, 0.3) is 0 Å². The standard InChI is InChI=1S/C13H28N2O2S/c1-4-13(5-2)14-11-12(3)15-7-6-9-18(16,17)10-8-15/h12-14H,4-11H2,1-3H3. The average Bonchev–Trinajstić information content (AvgIpc) is 2.51. The first-order valence-corrected chi connectivity index (χ1v) is 8.98. The Hall–Kier alpha value is -0.130. The zero-order chi connectivity index (χ0) is 13.6. The molecular formula is C13H28N2O2S. The highest BCUT2D eigenvalue weighted by molar-refractivity contribution is 7.91. The van der Waals surface area contributed by atoms with E-state index >= 15 is 0 Å². The third kappa shape index (κ3) is 5.24. The molecule has 1 N–H and O–H groups in total. The highest BCUT2D eigenvalue weighted by Crippen LogP contribution is 2.08. The fourth-order valence-corrected chi connectivity index (χ4v) is 3.73. The summed E-state index contributed by atoms with van der Waals surface area (Å²) >= 11 is 0. The van der Waals surface area contributed by atoms with Crippen molar-refractivity contribution in [2.45, 2.75) is 52.1 Å². The molecule has 0 spiro atoms. The second-order valence-corrected chi connectivity index (χ2v) is 7.62. The molecule has 1 atom stereocenters. The van der Waals surface area contributed by atoms with E-state index in [0.717, 1.165) is 32.4 Å². The van der Waals surface area contributed by atoms with Gasteiger partial charge in [-0.2, -0.15) is 0 Å². The van der Waals surface area contributed by atoms with Crippen LogP contribution in [0.5, 0.6) is 0 Å². The SMILES string of the molecule is CCC(CC)NCC(C)N1CCCS(=O)(=O)CC1. The van der Waals surface area contributed by atoms with Crippen molar-refractivity contribution in [1.82, 2.24) is 10.2 Å². The van der Waals surface area contributed by atoms with Gasteiger partial charge in [-0.1, -0.05) is 13.8 Å². The van der Waals surface area contributed by atoms with Crippen molar-refractivity contribution in [3.63, 3.8) is 0 Å². The summed E-state index contributed by atoms with van der Waals surface area (Å²) in [5.41, 5.74) is 0. The van der Waals surface area contributed by atoms with Gasteiger partial charge in [0.15, 0.2) is 9.84 Å². The Morgan fingerprint density at radius 1 is 1.17 bits per heavy atom.